The molecule has 2 rings (SSSR count). The highest BCUT2D eigenvalue weighted by Crippen LogP contribution is 2.40. The van der Waals surface area contributed by atoms with Crippen LogP contribution in [0.5, 0.6) is 0 Å². The average Bonchev–Trinajstić information content (AvgIpc) is 2.30. The molecule has 0 amide bonds. The smallest absolute Gasteiger partial charge is 0.112 e. The molecule has 0 spiro atoms. The van der Waals surface area contributed by atoms with E-state index in [0.29, 0.717) is 12.0 Å². The minimum Gasteiger partial charge on any atom is -0.314 e. The van der Waals surface area contributed by atoms with Gasteiger partial charge in [-0.3, -0.25) is 0 Å². The Bertz CT molecular complexity index is 225. The zero-order valence-corrected chi connectivity index (χ0v) is 11.5. The molecule has 2 unspecified atom stereocenters. The Kier molecular flexibility index (Phi) is 4.46. The van der Waals surface area contributed by atoms with Crippen LogP contribution in [0.3, 0.4) is 0 Å². The second-order valence-electron chi connectivity index (χ2n) is 6.59. The van der Waals surface area contributed by atoms with Gasteiger partial charge in [0.05, 0.1) is 0 Å². The van der Waals surface area contributed by atoms with Crippen molar-refractivity contribution in [3.63, 3.8) is 0 Å². The minimum absolute atomic E-state index is 0.308. The molecule has 2 heteroatoms. The lowest BCUT2D eigenvalue weighted by atomic mass is 9.73. The summed E-state index contributed by atoms with van der Waals surface area (Å²) in [5, 5.41) is 3.48. The lowest BCUT2D eigenvalue weighted by Gasteiger charge is -2.38. The number of halogens is 1. The van der Waals surface area contributed by atoms with Crippen molar-refractivity contribution in [1.82, 2.24) is 5.32 Å². The molecule has 1 aliphatic carbocycles. The highest BCUT2D eigenvalue weighted by Gasteiger charge is 2.38. The first-order valence-corrected chi connectivity index (χ1v) is 7.50. The molecule has 17 heavy (non-hydrogen) atoms. The molecule has 1 N–H and O–H groups in total. The van der Waals surface area contributed by atoms with E-state index in [1.165, 1.54) is 32.1 Å². The van der Waals surface area contributed by atoms with Crippen LogP contribution >= 0.6 is 0 Å². The molecule has 1 saturated carbocycles. The first kappa shape index (κ1) is 13.3. The number of hydrogen-bond donors (Lipinski definition) is 1. The van der Waals surface area contributed by atoms with Gasteiger partial charge in [0.2, 0.25) is 0 Å². The summed E-state index contributed by atoms with van der Waals surface area (Å²) >= 11 is 0. The molecular formula is C15H28FN. The Labute approximate surface area is 106 Å². The van der Waals surface area contributed by atoms with Crippen molar-refractivity contribution >= 4 is 0 Å². The number of nitrogens with one attached hydrogen (secondary N) is 1. The molecule has 0 aromatic heterocycles. The second-order valence-corrected chi connectivity index (χ2v) is 6.59. The fourth-order valence-corrected chi connectivity index (χ4v) is 3.61. The van der Waals surface area contributed by atoms with Gasteiger partial charge in [-0.15, -0.1) is 0 Å². The van der Waals surface area contributed by atoms with Crippen LogP contribution in [-0.2, 0) is 0 Å². The van der Waals surface area contributed by atoms with Gasteiger partial charge in [-0.1, -0.05) is 26.2 Å². The Balaban J connectivity index is 1.84. The summed E-state index contributed by atoms with van der Waals surface area (Å²) in [7, 11) is 0. The molecule has 1 heterocycles. The van der Waals surface area contributed by atoms with Gasteiger partial charge in [0, 0.05) is 6.04 Å². The van der Waals surface area contributed by atoms with Gasteiger partial charge < -0.3 is 5.32 Å². The Morgan fingerprint density at radius 1 is 1.12 bits per heavy atom. The molecule has 0 aromatic rings. The summed E-state index contributed by atoms with van der Waals surface area (Å²) in [5.74, 6) is 1.12. The van der Waals surface area contributed by atoms with Crippen molar-refractivity contribution in [2.45, 2.75) is 76.9 Å². The average molecular weight is 241 g/mol. The Hall–Kier alpha value is -0.110. The zero-order valence-electron chi connectivity index (χ0n) is 11.5. The van der Waals surface area contributed by atoms with Crippen molar-refractivity contribution in [3.8, 4) is 0 Å². The Morgan fingerprint density at radius 2 is 1.82 bits per heavy atom. The van der Waals surface area contributed by atoms with Gasteiger partial charge in [-0.25, -0.2) is 4.39 Å². The summed E-state index contributed by atoms with van der Waals surface area (Å²) in [4.78, 5) is 0. The van der Waals surface area contributed by atoms with Gasteiger partial charge in [0.25, 0.3) is 0 Å². The molecular weight excluding hydrogens is 213 g/mol. The molecule has 2 aliphatic rings. The van der Waals surface area contributed by atoms with Gasteiger partial charge in [0.15, 0.2) is 0 Å². The molecule has 1 saturated heterocycles. The van der Waals surface area contributed by atoms with Crippen LogP contribution in [0.15, 0.2) is 0 Å². The van der Waals surface area contributed by atoms with Crippen LogP contribution in [0.4, 0.5) is 4.39 Å². The van der Waals surface area contributed by atoms with Crippen molar-refractivity contribution < 1.29 is 4.39 Å². The van der Waals surface area contributed by atoms with E-state index in [9.17, 15) is 4.39 Å². The monoisotopic (exact) mass is 241 g/mol. The summed E-state index contributed by atoms with van der Waals surface area (Å²) < 4.78 is 14.8. The highest BCUT2D eigenvalue weighted by atomic mass is 19.1. The number of rotatable bonds is 3. The molecule has 2 fully saturated rings. The molecule has 0 bridgehead atoms. The van der Waals surface area contributed by atoms with Crippen molar-refractivity contribution in [2.75, 3.05) is 6.54 Å². The summed E-state index contributed by atoms with van der Waals surface area (Å²) in [6, 6.07) is 0.429. The standard InChI is InChI=1S/C15H28FN/c1-12-6-8-13(9-7-12)15(2,16)11-14-5-3-4-10-17-14/h12-14,17H,3-11H2,1-2H3. The summed E-state index contributed by atoms with van der Waals surface area (Å²) in [6.45, 7) is 5.24. The molecule has 2 atom stereocenters. The number of piperidine rings is 1. The predicted octanol–water partition coefficient (Wildman–Crippen LogP) is 4.07. The maximum absolute atomic E-state index is 14.8. The minimum atomic E-state index is -0.949. The molecule has 1 nitrogen and oxygen atoms in total. The van der Waals surface area contributed by atoms with Gasteiger partial charge in [-0.2, -0.15) is 0 Å². The fourth-order valence-electron chi connectivity index (χ4n) is 3.61. The van der Waals surface area contributed by atoms with E-state index in [0.717, 1.165) is 31.7 Å². The van der Waals surface area contributed by atoms with Crippen molar-refractivity contribution in [3.05, 3.63) is 0 Å². The van der Waals surface area contributed by atoms with Crippen LogP contribution in [0.2, 0.25) is 0 Å². The first-order valence-electron chi connectivity index (χ1n) is 7.50. The lowest BCUT2D eigenvalue weighted by Crippen LogP contribution is -2.43. The van der Waals surface area contributed by atoms with Gasteiger partial charge in [0.1, 0.15) is 5.67 Å². The zero-order chi connectivity index (χ0) is 12.3. The van der Waals surface area contributed by atoms with Gasteiger partial charge >= 0.3 is 0 Å². The van der Waals surface area contributed by atoms with Crippen LogP contribution in [0, 0.1) is 11.8 Å². The molecule has 0 aromatic carbocycles. The van der Waals surface area contributed by atoms with E-state index in [1.54, 1.807) is 0 Å². The number of alkyl halides is 1. The third-order valence-corrected chi connectivity index (χ3v) is 4.92. The summed E-state index contributed by atoms with van der Waals surface area (Å²) in [5.41, 5.74) is -0.949. The third-order valence-electron chi connectivity index (χ3n) is 4.92. The first-order chi connectivity index (χ1) is 8.08. The van der Waals surface area contributed by atoms with E-state index in [-0.39, 0.29) is 0 Å². The molecule has 0 radical (unpaired) electrons. The quantitative estimate of drug-likeness (QED) is 0.785. The van der Waals surface area contributed by atoms with Crippen LogP contribution in [0.1, 0.15) is 65.2 Å². The van der Waals surface area contributed by atoms with E-state index >= 15 is 0 Å². The van der Waals surface area contributed by atoms with E-state index in [2.05, 4.69) is 12.2 Å². The third kappa shape index (κ3) is 3.67. The predicted molar refractivity (Wildman–Crippen MR) is 70.9 cm³/mol. The number of hydrogen-bond acceptors (Lipinski definition) is 1. The lowest BCUT2D eigenvalue weighted by molar-refractivity contribution is 0.0433. The van der Waals surface area contributed by atoms with E-state index < -0.39 is 5.67 Å². The maximum atomic E-state index is 14.8. The van der Waals surface area contributed by atoms with Crippen LogP contribution in [-0.4, -0.2) is 18.3 Å². The van der Waals surface area contributed by atoms with E-state index in [1.807, 2.05) is 6.92 Å². The maximum Gasteiger partial charge on any atom is 0.112 e. The highest BCUT2D eigenvalue weighted by molar-refractivity contribution is 4.90. The van der Waals surface area contributed by atoms with E-state index in [4.69, 9.17) is 0 Å². The summed E-state index contributed by atoms with van der Waals surface area (Å²) in [6.07, 6.45) is 9.08. The topological polar surface area (TPSA) is 12.0 Å². The fraction of sp³-hybridized carbons (Fsp3) is 1.00. The molecule has 100 valence electrons. The SMILES string of the molecule is CC1CCC(C(C)(F)CC2CCCCN2)CC1. The Morgan fingerprint density at radius 3 is 2.41 bits per heavy atom. The molecule has 1 aliphatic heterocycles. The van der Waals surface area contributed by atoms with Crippen molar-refractivity contribution in [1.29, 1.82) is 0 Å². The normalized spacial score (nSPS) is 38.6. The van der Waals surface area contributed by atoms with Crippen molar-refractivity contribution in [2.24, 2.45) is 11.8 Å². The largest absolute Gasteiger partial charge is 0.314 e. The van der Waals surface area contributed by atoms with Crippen LogP contribution in [0.25, 0.3) is 0 Å². The van der Waals surface area contributed by atoms with Crippen LogP contribution < -0.4 is 5.32 Å². The second kappa shape index (κ2) is 5.69. The van der Waals surface area contributed by atoms with Gasteiger partial charge in [-0.05, 0) is 57.4 Å².